The van der Waals surface area contributed by atoms with E-state index in [2.05, 4.69) is 4.98 Å². The lowest BCUT2D eigenvalue weighted by Crippen LogP contribution is -2.41. The number of amides is 1. The van der Waals surface area contributed by atoms with E-state index in [1.165, 1.54) is 0 Å². The zero-order valence-corrected chi connectivity index (χ0v) is 12.0. The maximum Gasteiger partial charge on any atom is 0.254 e. The Morgan fingerprint density at radius 3 is 2.79 bits per heavy atom. The summed E-state index contributed by atoms with van der Waals surface area (Å²) < 4.78 is 23.1. The fourth-order valence-electron chi connectivity index (χ4n) is 2.46. The molecule has 1 atom stereocenters. The molecular weight excluding hydrogens is 264 g/mol. The van der Waals surface area contributed by atoms with Crippen LogP contribution in [0.4, 0.5) is 0 Å². The summed E-state index contributed by atoms with van der Waals surface area (Å²) in [5.41, 5.74) is 1.41. The maximum absolute atomic E-state index is 12.5. The van der Waals surface area contributed by atoms with Gasteiger partial charge in [-0.1, -0.05) is 0 Å². The molecule has 0 radical (unpaired) electrons. The van der Waals surface area contributed by atoms with Crippen LogP contribution in [0.25, 0.3) is 0 Å². The lowest BCUT2D eigenvalue weighted by atomic mass is 10.1. The van der Waals surface area contributed by atoms with Gasteiger partial charge in [0.05, 0.1) is 11.5 Å². The molecule has 104 valence electrons. The summed E-state index contributed by atoms with van der Waals surface area (Å²) in [6.45, 7) is 4.22. The Bertz CT molecular complexity index is 583. The van der Waals surface area contributed by atoms with Crippen molar-refractivity contribution in [1.29, 1.82) is 0 Å². The highest BCUT2D eigenvalue weighted by Crippen LogP contribution is 2.20. The van der Waals surface area contributed by atoms with Gasteiger partial charge in [-0.3, -0.25) is 9.78 Å². The van der Waals surface area contributed by atoms with E-state index in [0.29, 0.717) is 18.5 Å². The number of aromatic nitrogens is 1. The van der Waals surface area contributed by atoms with Crippen LogP contribution < -0.4 is 0 Å². The highest BCUT2D eigenvalue weighted by Gasteiger charge is 2.34. The van der Waals surface area contributed by atoms with E-state index in [1.807, 2.05) is 13.8 Å². The lowest BCUT2D eigenvalue weighted by Gasteiger charge is -2.27. The fraction of sp³-hybridized carbons (Fsp3) is 0.538. The molecule has 1 saturated heterocycles. The van der Waals surface area contributed by atoms with Crippen molar-refractivity contribution >= 4 is 15.7 Å². The molecule has 1 aliphatic heterocycles. The number of nitrogens with zero attached hydrogens (tertiary/aromatic N) is 2. The molecule has 1 aromatic heterocycles. The number of hydrogen-bond donors (Lipinski definition) is 0. The fourth-order valence-corrected chi connectivity index (χ4v) is 4.19. The maximum atomic E-state index is 12.5. The van der Waals surface area contributed by atoms with Gasteiger partial charge in [-0.05, 0) is 31.9 Å². The van der Waals surface area contributed by atoms with Crippen molar-refractivity contribution in [2.24, 2.45) is 0 Å². The Hall–Kier alpha value is -1.43. The van der Waals surface area contributed by atoms with E-state index in [4.69, 9.17) is 0 Å². The highest BCUT2D eigenvalue weighted by molar-refractivity contribution is 7.91. The van der Waals surface area contributed by atoms with Gasteiger partial charge in [0.25, 0.3) is 5.91 Å². The van der Waals surface area contributed by atoms with Crippen LogP contribution >= 0.6 is 0 Å². The van der Waals surface area contributed by atoms with E-state index >= 15 is 0 Å². The molecule has 1 aromatic rings. The summed E-state index contributed by atoms with van der Waals surface area (Å²) in [4.78, 5) is 18.1. The van der Waals surface area contributed by atoms with Crippen molar-refractivity contribution in [2.45, 2.75) is 26.3 Å². The first-order valence-electron chi connectivity index (χ1n) is 6.36. The summed E-state index contributed by atoms with van der Waals surface area (Å²) in [6, 6.07) is 1.49. The molecule has 2 heterocycles. The van der Waals surface area contributed by atoms with Crippen LogP contribution in [0.15, 0.2) is 18.5 Å². The van der Waals surface area contributed by atoms with Crippen molar-refractivity contribution in [2.75, 3.05) is 18.1 Å². The first-order valence-corrected chi connectivity index (χ1v) is 8.18. The van der Waals surface area contributed by atoms with E-state index in [0.717, 1.165) is 5.56 Å². The normalized spacial score (nSPS) is 21.3. The third-order valence-corrected chi connectivity index (χ3v) is 5.25. The molecule has 0 N–H and O–H groups in total. The molecule has 0 bridgehead atoms. The average Bonchev–Trinajstić information content (AvgIpc) is 2.71. The molecular formula is C13H18N2O3S. The second-order valence-corrected chi connectivity index (χ2v) is 7.07. The number of carbonyl (C=O) groups is 1. The molecule has 6 heteroatoms. The number of carbonyl (C=O) groups excluding carboxylic acids is 1. The molecule has 1 unspecified atom stereocenters. The second-order valence-electron chi connectivity index (χ2n) is 4.84. The summed E-state index contributed by atoms with van der Waals surface area (Å²) in [6.07, 6.45) is 3.76. The van der Waals surface area contributed by atoms with Gasteiger partial charge in [0.2, 0.25) is 0 Å². The second kappa shape index (κ2) is 5.28. The molecule has 0 aromatic carbocycles. The van der Waals surface area contributed by atoms with Crippen molar-refractivity contribution in [1.82, 2.24) is 9.88 Å². The van der Waals surface area contributed by atoms with Crippen LogP contribution in [0.5, 0.6) is 0 Å². The first-order chi connectivity index (χ1) is 8.94. The minimum Gasteiger partial charge on any atom is -0.335 e. The predicted octanol–water partition coefficient (Wildman–Crippen LogP) is 1.04. The number of rotatable bonds is 3. The van der Waals surface area contributed by atoms with Crippen molar-refractivity contribution < 1.29 is 13.2 Å². The van der Waals surface area contributed by atoms with E-state index in [9.17, 15) is 13.2 Å². The SMILES string of the molecule is CCN(C(=O)c1ccncc1C)C1CCS(=O)(=O)C1. The van der Waals surface area contributed by atoms with E-state index in [1.54, 1.807) is 23.4 Å². The highest BCUT2D eigenvalue weighted by atomic mass is 32.2. The zero-order chi connectivity index (χ0) is 14.0. The molecule has 5 nitrogen and oxygen atoms in total. The molecule has 0 saturated carbocycles. The summed E-state index contributed by atoms with van der Waals surface area (Å²) in [5, 5.41) is 0. The molecule has 1 aliphatic rings. The molecule has 19 heavy (non-hydrogen) atoms. The van der Waals surface area contributed by atoms with Gasteiger partial charge < -0.3 is 4.90 Å². The third-order valence-electron chi connectivity index (χ3n) is 3.50. The Kier molecular flexibility index (Phi) is 3.89. The van der Waals surface area contributed by atoms with Gasteiger partial charge in [0, 0.05) is 30.5 Å². The Morgan fingerprint density at radius 1 is 1.53 bits per heavy atom. The van der Waals surface area contributed by atoms with Crippen molar-refractivity contribution in [3.05, 3.63) is 29.6 Å². The number of aryl methyl sites for hydroxylation is 1. The average molecular weight is 282 g/mol. The molecule has 0 aliphatic carbocycles. The van der Waals surface area contributed by atoms with Crippen LogP contribution in [0.2, 0.25) is 0 Å². The monoisotopic (exact) mass is 282 g/mol. The summed E-state index contributed by atoms with van der Waals surface area (Å²) >= 11 is 0. The summed E-state index contributed by atoms with van der Waals surface area (Å²) in [5.74, 6) is 0.150. The minimum atomic E-state index is -2.98. The lowest BCUT2D eigenvalue weighted by molar-refractivity contribution is 0.0707. The molecule has 1 fully saturated rings. The van der Waals surface area contributed by atoms with Crippen LogP contribution in [-0.4, -0.2) is 48.3 Å². The summed E-state index contributed by atoms with van der Waals surface area (Å²) in [7, 11) is -2.98. The topological polar surface area (TPSA) is 67.3 Å². The van der Waals surface area contributed by atoms with Gasteiger partial charge >= 0.3 is 0 Å². The first kappa shape index (κ1) is 14.0. The molecule has 0 spiro atoms. The van der Waals surface area contributed by atoms with E-state index in [-0.39, 0.29) is 23.5 Å². The van der Waals surface area contributed by atoms with Gasteiger partial charge in [-0.25, -0.2) is 8.42 Å². The van der Waals surface area contributed by atoms with Crippen LogP contribution in [0, 0.1) is 6.92 Å². The van der Waals surface area contributed by atoms with Crippen LogP contribution in [0.3, 0.4) is 0 Å². The quantitative estimate of drug-likeness (QED) is 0.830. The van der Waals surface area contributed by atoms with Crippen LogP contribution in [0.1, 0.15) is 29.3 Å². The number of hydrogen-bond acceptors (Lipinski definition) is 4. The van der Waals surface area contributed by atoms with Gasteiger partial charge in [0.15, 0.2) is 9.84 Å². The van der Waals surface area contributed by atoms with Crippen LogP contribution in [-0.2, 0) is 9.84 Å². The predicted molar refractivity (Wildman–Crippen MR) is 72.7 cm³/mol. The standard InChI is InChI=1S/C13H18N2O3S/c1-3-15(11-5-7-19(17,18)9-11)13(16)12-4-6-14-8-10(12)2/h4,6,8,11H,3,5,7,9H2,1-2H3. The minimum absolute atomic E-state index is 0.0801. The molecule has 2 rings (SSSR count). The third kappa shape index (κ3) is 2.94. The smallest absolute Gasteiger partial charge is 0.254 e. The molecule has 1 amide bonds. The zero-order valence-electron chi connectivity index (χ0n) is 11.2. The van der Waals surface area contributed by atoms with E-state index < -0.39 is 9.84 Å². The largest absolute Gasteiger partial charge is 0.335 e. The number of pyridine rings is 1. The number of sulfone groups is 1. The van der Waals surface area contributed by atoms with Gasteiger partial charge in [0.1, 0.15) is 0 Å². The van der Waals surface area contributed by atoms with Gasteiger partial charge in [-0.15, -0.1) is 0 Å². The Balaban J connectivity index is 2.24. The van der Waals surface area contributed by atoms with Crippen molar-refractivity contribution in [3.63, 3.8) is 0 Å². The van der Waals surface area contributed by atoms with Crippen molar-refractivity contribution in [3.8, 4) is 0 Å². The van der Waals surface area contributed by atoms with Gasteiger partial charge in [-0.2, -0.15) is 0 Å². The Morgan fingerprint density at radius 2 is 2.26 bits per heavy atom. The Labute approximate surface area is 113 Å².